The summed E-state index contributed by atoms with van der Waals surface area (Å²) in [5.74, 6) is -0.0665. The van der Waals surface area contributed by atoms with Crippen LogP contribution in [-0.4, -0.2) is 55.9 Å². The molecule has 0 bridgehead atoms. The molecular weight excluding hydrogens is 258 g/mol. The van der Waals surface area contributed by atoms with Crippen molar-refractivity contribution in [1.82, 2.24) is 9.80 Å². The lowest BCUT2D eigenvalue weighted by Crippen LogP contribution is -2.40. The lowest BCUT2D eigenvalue weighted by atomic mass is 10.1. The predicted octanol–water partition coefficient (Wildman–Crippen LogP) is 0.828. The third kappa shape index (κ3) is 3.40. The molecule has 6 heteroatoms. The van der Waals surface area contributed by atoms with Crippen LogP contribution in [-0.2, 0) is 4.79 Å². The number of benzene rings is 1. The molecule has 2 N–H and O–H groups in total. The summed E-state index contributed by atoms with van der Waals surface area (Å²) in [5, 5.41) is 0. The molecule has 1 rings (SSSR count). The number of nitrogens with two attached hydrogens (primary N) is 1. The van der Waals surface area contributed by atoms with Crippen molar-refractivity contribution in [3.05, 3.63) is 23.8 Å². The normalized spacial score (nSPS) is 10.0. The third-order valence-electron chi connectivity index (χ3n) is 2.97. The first kappa shape index (κ1) is 15.8. The van der Waals surface area contributed by atoms with Crippen LogP contribution in [0.5, 0.6) is 5.75 Å². The monoisotopic (exact) mass is 279 g/mol. The Bertz CT molecular complexity index is 500. The van der Waals surface area contributed by atoms with E-state index in [9.17, 15) is 9.59 Å². The smallest absolute Gasteiger partial charge is 0.258 e. The highest BCUT2D eigenvalue weighted by Crippen LogP contribution is 2.26. The van der Waals surface area contributed by atoms with E-state index in [-0.39, 0.29) is 18.4 Å². The zero-order valence-corrected chi connectivity index (χ0v) is 12.3. The van der Waals surface area contributed by atoms with E-state index in [2.05, 4.69) is 0 Å². The van der Waals surface area contributed by atoms with Crippen molar-refractivity contribution in [2.45, 2.75) is 6.92 Å². The van der Waals surface area contributed by atoms with Gasteiger partial charge in [0.05, 0.1) is 24.9 Å². The zero-order chi connectivity index (χ0) is 15.3. The molecule has 0 fully saturated rings. The number of hydrogen-bond donors (Lipinski definition) is 1. The first-order valence-electron chi connectivity index (χ1n) is 6.34. The lowest BCUT2D eigenvalue weighted by molar-refractivity contribution is -0.129. The van der Waals surface area contributed by atoms with E-state index < -0.39 is 0 Å². The summed E-state index contributed by atoms with van der Waals surface area (Å²) in [4.78, 5) is 27.1. The molecule has 2 amide bonds. The summed E-state index contributed by atoms with van der Waals surface area (Å²) in [6.07, 6.45) is 0. The Balaban J connectivity index is 3.03. The van der Waals surface area contributed by atoms with Crippen LogP contribution in [0.1, 0.15) is 17.3 Å². The van der Waals surface area contributed by atoms with Crippen molar-refractivity contribution in [2.75, 3.05) is 40.0 Å². The molecule has 0 radical (unpaired) electrons. The van der Waals surface area contributed by atoms with Crippen LogP contribution in [0.3, 0.4) is 0 Å². The number of amides is 2. The average molecular weight is 279 g/mol. The topological polar surface area (TPSA) is 75.9 Å². The molecule has 0 aliphatic carbocycles. The van der Waals surface area contributed by atoms with Crippen molar-refractivity contribution in [3.8, 4) is 5.75 Å². The van der Waals surface area contributed by atoms with Crippen LogP contribution in [0.15, 0.2) is 18.2 Å². The highest BCUT2D eigenvalue weighted by Gasteiger charge is 2.22. The number of carbonyl (C=O) groups excluding carboxylic acids is 2. The van der Waals surface area contributed by atoms with E-state index in [0.717, 1.165) is 0 Å². The van der Waals surface area contributed by atoms with Gasteiger partial charge in [-0.05, 0) is 19.1 Å². The maximum atomic E-state index is 12.5. The van der Waals surface area contributed by atoms with Gasteiger partial charge in [0.15, 0.2) is 5.75 Å². The average Bonchev–Trinajstić information content (AvgIpc) is 2.43. The van der Waals surface area contributed by atoms with Crippen molar-refractivity contribution >= 4 is 17.5 Å². The van der Waals surface area contributed by atoms with Gasteiger partial charge < -0.3 is 20.3 Å². The number of likely N-dealkylation sites (N-methyl/N-ethyl adjacent to an activating group) is 2. The second kappa shape index (κ2) is 6.79. The maximum Gasteiger partial charge on any atom is 0.258 e. The molecule has 1 aromatic rings. The molecule has 0 spiro atoms. The van der Waals surface area contributed by atoms with E-state index in [1.807, 2.05) is 6.92 Å². The second-order valence-corrected chi connectivity index (χ2v) is 4.54. The van der Waals surface area contributed by atoms with Crippen LogP contribution in [0.2, 0.25) is 0 Å². The second-order valence-electron chi connectivity index (χ2n) is 4.54. The number of carbonyl (C=O) groups is 2. The van der Waals surface area contributed by atoms with Gasteiger partial charge in [-0.1, -0.05) is 6.07 Å². The number of para-hydroxylation sites is 1. The molecule has 0 aromatic heterocycles. The fourth-order valence-corrected chi connectivity index (χ4v) is 1.75. The minimum atomic E-state index is -0.271. The zero-order valence-electron chi connectivity index (χ0n) is 12.3. The summed E-state index contributed by atoms with van der Waals surface area (Å²) in [6.45, 7) is 2.27. The van der Waals surface area contributed by atoms with E-state index >= 15 is 0 Å². The quantitative estimate of drug-likeness (QED) is 0.810. The summed E-state index contributed by atoms with van der Waals surface area (Å²) < 4.78 is 5.18. The molecule has 0 unspecified atom stereocenters. The molecule has 0 saturated heterocycles. The minimum absolute atomic E-state index is 0.0281. The van der Waals surface area contributed by atoms with Gasteiger partial charge in [0, 0.05) is 20.6 Å². The van der Waals surface area contributed by atoms with Crippen LogP contribution >= 0.6 is 0 Å². The SMILES string of the molecule is CCN(CC(=O)N(C)C)C(=O)c1cccc(N)c1OC. The summed E-state index contributed by atoms with van der Waals surface area (Å²) in [7, 11) is 4.77. The Morgan fingerprint density at radius 3 is 2.45 bits per heavy atom. The highest BCUT2D eigenvalue weighted by atomic mass is 16.5. The van der Waals surface area contributed by atoms with Gasteiger partial charge in [0.2, 0.25) is 5.91 Å². The first-order valence-corrected chi connectivity index (χ1v) is 6.34. The van der Waals surface area contributed by atoms with Crippen molar-refractivity contribution in [3.63, 3.8) is 0 Å². The molecule has 0 heterocycles. The van der Waals surface area contributed by atoms with E-state index in [1.54, 1.807) is 32.3 Å². The number of rotatable bonds is 5. The van der Waals surface area contributed by atoms with Crippen molar-refractivity contribution in [2.24, 2.45) is 0 Å². The first-order chi connectivity index (χ1) is 9.42. The Kier molecular flexibility index (Phi) is 5.37. The van der Waals surface area contributed by atoms with Gasteiger partial charge in [-0.25, -0.2) is 0 Å². The van der Waals surface area contributed by atoms with Gasteiger partial charge in [-0.2, -0.15) is 0 Å². The number of nitrogen functional groups attached to an aromatic ring is 1. The van der Waals surface area contributed by atoms with Crippen LogP contribution in [0.25, 0.3) is 0 Å². The summed E-state index contributed by atoms with van der Waals surface area (Å²) in [5.41, 5.74) is 6.55. The molecular formula is C14H21N3O3. The van der Waals surface area contributed by atoms with E-state index in [4.69, 9.17) is 10.5 Å². The van der Waals surface area contributed by atoms with Crippen LogP contribution in [0.4, 0.5) is 5.69 Å². The maximum absolute atomic E-state index is 12.5. The van der Waals surface area contributed by atoms with Gasteiger partial charge in [-0.15, -0.1) is 0 Å². The number of nitrogens with zero attached hydrogens (tertiary/aromatic N) is 2. The summed E-state index contributed by atoms with van der Waals surface area (Å²) >= 11 is 0. The van der Waals surface area contributed by atoms with Crippen molar-refractivity contribution < 1.29 is 14.3 Å². The highest BCUT2D eigenvalue weighted by molar-refractivity contribution is 6.00. The Morgan fingerprint density at radius 2 is 1.95 bits per heavy atom. The summed E-state index contributed by atoms with van der Waals surface area (Å²) in [6, 6.07) is 4.99. The van der Waals surface area contributed by atoms with Gasteiger partial charge in [0.25, 0.3) is 5.91 Å². The fourth-order valence-electron chi connectivity index (χ4n) is 1.75. The molecule has 0 saturated carbocycles. The van der Waals surface area contributed by atoms with Crippen LogP contribution < -0.4 is 10.5 Å². The lowest BCUT2D eigenvalue weighted by Gasteiger charge is -2.23. The van der Waals surface area contributed by atoms with Gasteiger partial charge in [-0.3, -0.25) is 9.59 Å². The third-order valence-corrected chi connectivity index (χ3v) is 2.97. The molecule has 0 atom stereocenters. The number of anilines is 1. The molecule has 0 aliphatic rings. The predicted molar refractivity (Wildman–Crippen MR) is 77.7 cm³/mol. The molecule has 0 aliphatic heterocycles. The molecule has 6 nitrogen and oxygen atoms in total. The minimum Gasteiger partial charge on any atom is -0.494 e. The Hall–Kier alpha value is -2.24. The number of methoxy groups -OCH3 is 1. The Labute approximate surface area is 119 Å². The molecule has 110 valence electrons. The van der Waals surface area contributed by atoms with Gasteiger partial charge in [0.1, 0.15) is 0 Å². The number of hydrogen-bond acceptors (Lipinski definition) is 4. The molecule has 1 aromatic carbocycles. The van der Waals surface area contributed by atoms with E-state index in [1.165, 1.54) is 16.9 Å². The number of ether oxygens (including phenoxy) is 1. The fraction of sp³-hybridized carbons (Fsp3) is 0.429. The molecule has 20 heavy (non-hydrogen) atoms. The largest absolute Gasteiger partial charge is 0.494 e. The van der Waals surface area contributed by atoms with E-state index in [0.29, 0.717) is 23.5 Å². The van der Waals surface area contributed by atoms with Crippen molar-refractivity contribution in [1.29, 1.82) is 0 Å². The standard InChI is InChI=1S/C14H21N3O3/c1-5-17(9-12(18)16(2)3)14(19)10-7-6-8-11(15)13(10)20-4/h6-8H,5,9,15H2,1-4H3. The van der Waals surface area contributed by atoms with Gasteiger partial charge >= 0.3 is 0 Å². The Morgan fingerprint density at radius 1 is 1.30 bits per heavy atom. The van der Waals surface area contributed by atoms with Crippen LogP contribution in [0, 0.1) is 0 Å².